The van der Waals surface area contributed by atoms with Crippen molar-refractivity contribution in [3.05, 3.63) is 42.2 Å². The first-order chi connectivity index (χ1) is 9.69. The Labute approximate surface area is 121 Å². The molecule has 5 nitrogen and oxygen atoms in total. The number of thioether (sulfide) groups is 1. The van der Waals surface area contributed by atoms with Crippen LogP contribution < -0.4 is 4.74 Å². The van der Waals surface area contributed by atoms with E-state index in [4.69, 9.17) is 10.00 Å². The number of aliphatic hydroxyl groups excluding tert-OH is 1. The number of hydrogen-bond acceptors (Lipinski definition) is 5. The number of ether oxygens (including phenoxy) is 1. The van der Waals surface area contributed by atoms with Gasteiger partial charge in [0.1, 0.15) is 12.4 Å². The van der Waals surface area contributed by atoms with Gasteiger partial charge in [-0.3, -0.25) is 0 Å². The Morgan fingerprint density at radius 2 is 2.20 bits per heavy atom. The number of aryl methyl sites for hydroxylation is 1. The van der Waals surface area contributed by atoms with E-state index in [-0.39, 0.29) is 6.61 Å². The average molecular weight is 289 g/mol. The van der Waals surface area contributed by atoms with Crippen LogP contribution in [0.15, 0.2) is 41.8 Å². The van der Waals surface area contributed by atoms with Crippen molar-refractivity contribution in [3.8, 4) is 11.8 Å². The van der Waals surface area contributed by atoms with Crippen molar-refractivity contribution in [3.63, 3.8) is 0 Å². The van der Waals surface area contributed by atoms with E-state index in [0.717, 1.165) is 5.16 Å². The maximum Gasteiger partial charge on any atom is 0.167 e. The summed E-state index contributed by atoms with van der Waals surface area (Å²) in [5.41, 5.74) is 0.586. The van der Waals surface area contributed by atoms with Gasteiger partial charge in [0.05, 0.1) is 17.7 Å². The van der Waals surface area contributed by atoms with Crippen LogP contribution in [-0.4, -0.2) is 33.1 Å². The van der Waals surface area contributed by atoms with Gasteiger partial charge >= 0.3 is 0 Å². The van der Waals surface area contributed by atoms with E-state index >= 15 is 0 Å². The molecule has 1 aromatic heterocycles. The highest BCUT2D eigenvalue weighted by atomic mass is 32.2. The fourth-order valence-corrected chi connectivity index (χ4v) is 2.37. The smallest absolute Gasteiger partial charge is 0.167 e. The Morgan fingerprint density at radius 1 is 1.45 bits per heavy atom. The third-order valence-electron chi connectivity index (χ3n) is 2.61. The lowest BCUT2D eigenvalue weighted by Gasteiger charge is -2.11. The second-order valence-electron chi connectivity index (χ2n) is 4.23. The van der Waals surface area contributed by atoms with Crippen molar-refractivity contribution < 1.29 is 9.84 Å². The summed E-state index contributed by atoms with van der Waals surface area (Å²) in [5, 5.41) is 19.4. The van der Waals surface area contributed by atoms with Crippen molar-refractivity contribution in [2.24, 2.45) is 7.05 Å². The van der Waals surface area contributed by atoms with Crippen LogP contribution in [0.1, 0.15) is 5.56 Å². The number of hydrogen-bond donors (Lipinski definition) is 1. The second-order valence-corrected chi connectivity index (χ2v) is 5.22. The number of imidazole rings is 1. The van der Waals surface area contributed by atoms with Gasteiger partial charge in [0.15, 0.2) is 5.16 Å². The highest BCUT2D eigenvalue weighted by Gasteiger charge is 2.08. The predicted octanol–water partition coefficient (Wildman–Crippen LogP) is 1.82. The number of aliphatic hydroxyl groups is 1. The summed E-state index contributed by atoms with van der Waals surface area (Å²) in [6.07, 6.45) is 3.01. The van der Waals surface area contributed by atoms with Gasteiger partial charge < -0.3 is 14.4 Å². The van der Waals surface area contributed by atoms with Crippen molar-refractivity contribution in [1.82, 2.24) is 9.55 Å². The van der Waals surface area contributed by atoms with E-state index in [9.17, 15) is 5.11 Å². The molecular formula is C14H15N3O2S. The molecule has 0 radical (unpaired) electrons. The van der Waals surface area contributed by atoms with Crippen molar-refractivity contribution in [2.75, 3.05) is 12.4 Å². The zero-order valence-corrected chi connectivity index (χ0v) is 11.9. The van der Waals surface area contributed by atoms with Gasteiger partial charge in [-0.15, -0.1) is 0 Å². The molecule has 0 aliphatic heterocycles. The molecule has 1 heterocycles. The molecule has 0 aliphatic rings. The first-order valence-electron chi connectivity index (χ1n) is 6.10. The summed E-state index contributed by atoms with van der Waals surface area (Å²) < 4.78 is 7.37. The molecule has 1 aromatic carbocycles. The van der Waals surface area contributed by atoms with Crippen molar-refractivity contribution in [1.29, 1.82) is 5.26 Å². The molecule has 0 amide bonds. The molecule has 2 rings (SSSR count). The van der Waals surface area contributed by atoms with Crippen LogP contribution >= 0.6 is 11.8 Å². The minimum Gasteiger partial charge on any atom is -0.491 e. The van der Waals surface area contributed by atoms with E-state index in [1.165, 1.54) is 11.8 Å². The summed E-state index contributed by atoms with van der Waals surface area (Å²) in [7, 11) is 1.91. The summed E-state index contributed by atoms with van der Waals surface area (Å²) in [6.45, 7) is 0.212. The Kier molecular flexibility index (Phi) is 5.04. The molecule has 0 saturated carbocycles. The Morgan fingerprint density at radius 3 is 2.80 bits per heavy atom. The maximum absolute atomic E-state index is 9.87. The van der Waals surface area contributed by atoms with Gasteiger partial charge in [-0.05, 0) is 24.3 Å². The molecule has 2 aromatic rings. The van der Waals surface area contributed by atoms with E-state index in [2.05, 4.69) is 4.98 Å². The monoisotopic (exact) mass is 289 g/mol. The molecule has 0 spiro atoms. The number of rotatable bonds is 6. The molecule has 1 atom stereocenters. The minimum atomic E-state index is -0.577. The van der Waals surface area contributed by atoms with Crippen LogP contribution in [-0.2, 0) is 7.05 Å². The number of nitriles is 1. The van der Waals surface area contributed by atoms with E-state index < -0.39 is 6.10 Å². The molecule has 1 unspecified atom stereocenters. The fraction of sp³-hybridized carbons (Fsp3) is 0.286. The summed E-state index contributed by atoms with van der Waals surface area (Å²) in [4.78, 5) is 4.17. The molecule has 0 saturated heterocycles. The largest absolute Gasteiger partial charge is 0.491 e. The van der Waals surface area contributed by atoms with Crippen LogP contribution in [0.3, 0.4) is 0 Å². The van der Waals surface area contributed by atoms with Gasteiger partial charge in [-0.25, -0.2) is 4.98 Å². The zero-order chi connectivity index (χ0) is 14.4. The predicted molar refractivity (Wildman–Crippen MR) is 76.6 cm³/mol. The Bertz CT molecular complexity index is 589. The standard InChI is InChI=1S/C14H15N3O2S/c1-17-7-6-16-14(17)20-10-12(18)9-19-13-4-2-11(8-15)3-5-13/h2-7,12,18H,9-10H2,1H3. The molecule has 0 fully saturated rings. The molecule has 6 heteroatoms. The number of benzene rings is 1. The number of aromatic nitrogens is 2. The van der Waals surface area contributed by atoms with Gasteiger partial charge in [0.2, 0.25) is 0 Å². The normalized spacial score (nSPS) is 11.8. The number of nitrogens with zero attached hydrogens (tertiary/aromatic N) is 3. The third kappa shape index (κ3) is 4.02. The Balaban J connectivity index is 1.76. The lowest BCUT2D eigenvalue weighted by Crippen LogP contribution is -2.20. The van der Waals surface area contributed by atoms with Crippen molar-refractivity contribution >= 4 is 11.8 Å². The summed E-state index contributed by atoms with van der Waals surface area (Å²) >= 11 is 1.48. The topological polar surface area (TPSA) is 71.1 Å². The molecule has 1 N–H and O–H groups in total. The average Bonchev–Trinajstić information content (AvgIpc) is 2.89. The van der Waals surface area contributed by atoms with Crippen LogP contribution in [0.4, 0.5) is 0 Å². The van der Waals surface area contributed by atoms with Crippen LogP contribution in [0.25, 0.3) is 0 Å². The maximum atomic E-state index is 9.87. The van der Waals surface area contributed by atoms with Gasteiger partial charge in [0, 0.05) is 25.2 Å². The van der Waals surface area contributed by atoms with Crippen LogP contribution in [0, 0.1) is 11.3 Å². The molecular weight excluding hydrogens is 274 g/mol. The Hall–Kier alpha value is -1.97. The molecule has 0 aliphatic carbocycles. The van der Waals surface area contributed by atoms with Crippen LogP contribution in [0.5, 0.6) is 5.75 Å². The SMILES string of the molecule is Cn1ccnc1SCC(O)COc1ccc(C#N)cc1. The van der Waals surface area contributed by atoms with E-state index in [1.54, 1.807) is 30.5 Å². The van der Waals surface area contributed by atoms with E-state index in [0.29, 0.717) is 17.1 Å². The fourth-order valence-electron chi connectivity index (χ4n) is 1.53. The highest BCUT2D eigenvalue weighted by molar-refractivity contribution is 7.99. The summed E-state index contributed by atoms with van der Waals surface area (Å²) in [6, 6.07) is 8.85. The highest BCUT2D eigenvalue weighted by Crippen LogP contribution is 2.16. The molecule has 20 heavy (non-hydrogen) atoms. The van der Waals surface area contributed by atoms with Gasteiger partial charge in [-0.2, -0.15) is 5.26 Å². The zero-order valence-electron chi connectivity index (χ0n) is 11.1. The van der Waals surface area contributed by atoms with Crippen LogP contribution in [0.2, 0.25) is 0 Å². The van der Waals surface area contributed by atoms with Gasteiger partial charge in [-0.1, -0.05) is 11.8 Å². The first kappa shape index (κ1) is 14.4. The second kappa shape index (κ2) is 6.98. The molecule has 104 valence electrons. The minimum absolute atomic E-state index is 0.212. The summed E-state index contributed by atoms with van der Waals surface area (Å²) in [5.74, 6) is 1.16. The third-order valence-corrected chi connectivity index (χ3v) is 3.81. The lowest BCUT2D eigenvalue weighted by atomic mass is 10.2. The molecule has 0 bridgehead atoms. The quantitative estimate of drug-likeness (QED) is 0.821. The lowest BCUT2D eigenvalue weighted by molar-refractivity contribution is 0.126. The van der Waals surface area contributed by atoms with Gasteiger partial charge in [0.25, 0.3) is 0 Å². The van der Waals surface area contributed by atoms with E-state index in [1.807, 2.05) is 23.9 Å². The first-order valence-corrected chi connectivity index (χ1v) is 7.09. The van der Waals surface area contributed by atoms with Crippen molar-refractivity contribution in [2.45, 2.75) is 11.3 Å².